The predicted octanol–water partition coefficient (Wildman–Crippen LogP) is 4.97. The molecule has 2 aromatic rings. The molecule has 1 aromatic heterocycles. The highest BCUT2D eigenvalue weighted by atomic mass is 32.2. The summed E-state index contributed by atoms with van der Waals surface area (Å²) in [5, 5.41) is 4.10. The van der Waals surface area contributed by atoms with Crippen molar-refractivity contribution in [2.75, 3.05) is 13.2 Å². The van der Waals surface area contributed by atoms with Crippen molar-refractivity contribution in [2.24, 2.45) is 0 Å². The molecule has 0 radical (unpaired) electrons. The fourth-order valence-corrected chi connectivity index (χ4v) is 2.76. The highest BCUT2D eigenvalue weighted by Gasteiger charge is 2.38. The second-order valence-corrected chi connectivity index (χ2v) is 6.58. The van der Waals surface area contributed by atoms with Crippen molar-refractivity contribution in [3.05, 3.63) is 58.5 Å². The number of hydrogen-bond donors (Lipinski definition) is 0. The number of alkyl halides is 3. The molecule has 158 valence electrons. The average Bonchev–Trinajstić information content (AvgIpc) is 3.11. The number of ether oxygens (including phenoxy) is 2. The first-order valence-corrected chi connectivity index (χ1v) is 9.52. The lowest BCUT2D eigenvalue weighted by atomic mass is 10.2. The predicted molar refractivity (Wildman–Crippen MR) is 102 cm³/mol. The van der Waals surface area contributed by atoms with Crippen LogP contribution >= 0.6 is 12.0 Å². The quantitative estimate of drug-likeness (QED) is 0.318. The van der Waals surface area contributed by atoms with Crippen molar-refractivity contribution >= 4 is 18.0 Å². The number of hydrogen-bond acceptors (Lipinski definition) is 6. The zero-order chi connectivity index (χ0) is 21.4. The normalized spacial score (nSPS) is 12.5. The van der Waals surface area contributed by atoms with Crippen LogP contribution in [0.15, 0.2) is 47.3 Å². The fraction of sp³-hybridized carbons (Fsp3) is 0.368. The van der Waals surface area contributed by atoms with Crippen molar-refractivity contribution in [2.45, 2.75) is 33.5 Å². The maximum absolute atomic E-state index is 13.1. The van der Waals surface area contributed by atoms with E-state index >= 15 is 0 Å². The van der Waals surface area contributed by atoms with E-state index in [0.29, 0.717) is 12.1 Å². The highest BCUT2D eigenvalue weighted by Crippen LogP contribution is 2.37. The second-order valence-electron chi connectivity index (χ2n) is 5.77. The largest absolute Gasteiger partial charge is 0.462 e. The van der Waals surface area contributed by atoms with Gasteiger partial charge in [-0.25, -0.2) is 4.79 Å². The summed E-state index contributed by atoms with van der Waals surface area (Å²) in [5.41, 5.74) is 1.18. The van der Waals surface area contributed by atoms with Crippen molar-refractivity contribution in [1.29, 1.82) is 0 Å². The lowest BCUT2D eigenvalue weighted by Crippen LogP contribution is -2.14. The van der Waals surface area contributed by atoms with Gasteiger partial charge in [-0.3, -0.25) is 4.68 Å². The van der Waals surface area contributed by atoms with Crippen LogP contribution in [0.5, 0.6) is 5.75 Å². The standard InChI is InChI=1S/C19H21F3N2O4S/c1-4-26-18(25)15-10-23-24(12-15)11-14-6-8-16(9-7-14)28-13(3)17(19(20,21)22)29-27-5-2/h6-10,12H,4-5,11H2,1-3H3/b17-13-. The summed E-state index contributed by atoms with van der Waals surface area (Å²) in [5.74, 6) is -0.484. The van der Waals surface area contributed by atoms with E-state index in [1.165, 1.54) is 13.1 Å². The van der Waals surface area contributed by atoms with E-state index in [9.17, 15) is 18.0 Å². The van der Waals surface area contributed by atoms with Crippen LogP contribution < -0.4 is 4.74 Å². The first kappa shape index (κ1) is 22.8. The monoisotopic (exact) mass is 430 g/mol. The first-order chi connectivity index (χ1) is 13.7. The van der Waals surface area contributed by atoms with Crippen LogP contribution in [-0.4, -0.2) is 35.1 Å². The van der Waals surface area contributed by atoms with Crippen molar-refractivity contribution in [1.82, 2.24) is 9.78 Å². The molecular weight excluding hydrogens is 409 g/mol. The Kier molecular flexibility index (Phi) is 8.15. The Labute approximate surface area is 170 Å². The smallest absolute Gasteiger partial charge is 0.427 e. The average molecular weight is 430 g/mol. The van der Waals surface area contributed by atoms with Gasteiger partial charge in [0.1, 0.15) is 11.5 Å². The zero-order valence-corrected chi connectivity index (χ0v) is 17.0. The Balaban J connectivity index is 2.06. The van der Waals surface area contributed by atoms with Gasteiger partial charge in [-0.1, -0.05) is 12.1 Å². The number of halogens is 3. The summed E-state index contributed by atoms with van der Waals surface area (Å²) in [6.45, 7) is 5.35. The van der Waals surface area contributed by atoms with E-state index in [0.717, 1.165) is 5.56 Å². The molecule has 0 fully saturated rings. The topological polar surface area (TPSA) is 62.6 Å². The third-order valence-electron chi connectivity index (χ3n) is 3.52. The van der Waals surface area contributed by atoms with Crippen LogP contribution in [0.2, 0.25) is 0 Å². The highest BCUT2D eigenvalue weighted by molar-refractivity contribution is 7.98. The maximum atomic E-state index is 13.1. The molecule has 0 aliphatic carbocycles. The molecule has 10 heteroatoms. The number of nitrogens with zero attached hydrogens (tertiary/aromatic N) is 2. The maximum Gasteiger partial charge on any atom is 0.427 e. The van der Waals surface area contributed by atoms with Gasteiger partial charge in [0, 0.05) is 18.2 Å². The van der Waals surface area contributed by atoms with Gasteiger partial charge in [0.2, 0.25) is 0 Å². The number of carbonyl (C=O) groups is 1. The minimum absolute atomic E-state index is 0.136. The van der Waals surface area contributed by atoms with E-state index in [4.69, 9.17) is 13.7 Å². The summed E-state index contributed by atoms with van der Waals surface area (Å²) in [6.07, 6.45) is -1.59. The minimum atomic E-state index is -4.57. The van der Waals surface area contributed by atoms with Gasteiger partial charge in [-0.15, -0.1) is 0 Å². The third kappa shape index (κ3) is 6.82. The Morgan fingerprint density at radius 2 is 1.86 bits per heavy atom. The molecule has 6 nitrogen and oxygen atoms in total. The van der Waals surface area contributed by atoms with E-state index in [-0.39, 0.29) is 36.8 Å². The molecular formula is C19H21F3N2O4S. The van der Waals surface area contributed by atoms with Gasteiger partial charge in [-0.2, -0.15) is 18.3 Å². The third-order valence-corrected chi connectivity index (χ3v) is 4.56. The second kappa shape index (κ2) is 10.4. The Morgan fingerprint density at radius 3 is 2.45 bits per heavy atom. The molecule has 0 amide bonds. The molecule has 0 atom stereocenters. The van der Waals surface area contributed by atoms with Crippen molar-refractivity contribution < 1.29 is 31.6 Å². The molecule has 2 rings (SSSR count). The number of rotatable bonds is 9. The van der Waals surface area contributed by atoms with Gasteiger partial charge in [0.05, 0.1) is 31.5 Å². The first-order valence-electron chi connectivity index (χ1n) is 8.78. The van der Waals surface area contributed by atoms with E-state index in [1.807, 2.05) is 0 Å². The number of benzene rings is 1. The molecule has 0 unspecified atom stereocenters. The van der Waals surface area contributed by atoms with Crippen LogP contribution in [0.25, 0.3) is 0 Å². The summed E-state index contributed by atoms with van der Waals surface area (Å²) in [4.78, 5) is 10.7. The van der Waals surface area contributed by atoms with E-state index < -0.39 is 17.1 Å². The van der Waals surface area contributed by atoms with Crippen LogP contribution in [0.3, 0.4) is 0 Å². The van der Waals surface area contributed by atoms with Crippen LogP contribution in [-0.2, 0) is 15.5 Å². The van der Waals surface area contributed by atoms with E-state index in [1.54, 1.807) is 49.0 Å². The summed E-state index contributed by atoms with van der Waals surface area (Å²) < 4.78 is 56.0. The number of esters is 1. The lowest BCUT2D eigenvalue weighted by Gasteiger charge is -2.15. The summed E-state index contributed by atoms with van der Waals surface area (Å²) in [6, 6.07) is 6.54. The number of allylic oxidation sites excluding steroid dienone is 2. The molecule has 0 aliphatic rings. The lowest BCUT2D eigenvalue weighted by molar-refractivity contribution is -0.0862. The molecule has 0 bridgehead atoms. The van der Waals surface area contributed by atoms with Gasteiger partial charge in [-0.05, 0) is 38.5 Å². The molecule has 1 aromatic carbocycles. The van der Waals surface area contributed by atoms with Gasteiger partial charge < -0.3 is 13.7 Å². The minimum Gasteiger partial charge on any atom is -0.462 e. The SMILES string of the molecule is CCOS/C(=C(/C)Oc1ccc(Cn2cc(C(=O)OCC)cn2)cc1)C(F)(F)F. The van der Waals surface area contributed by atoms with Crippen LogP contribution in [0.4, 0.5) is 13.2 Å². The van der Waals surface area contributed by atoms with Gasteiger partial charge >= 0.3 is 12.1 Å². The molecule has 0 saturated heterocycles. The Bertz CT molecular complexity index is 848. The number of aromatic nitrogens is 2. The van der Waals surface area contributed by atoms with Gasteiger partial charge in [0.25, 0.3) is 0 Å². The molecule has 0 aliphatic heterocycles. The molecule has 0 N–H and O–H groups in total. The number of carbonyl (C=O) groups excluding carboxylic acids is 1. The van der Waals surface area contributed by atoms with Crippen LogP contribution in [0, 0.1) is 0 Å². The van der Waals surface area contributed by atoms with Crippen molar-refractivity contribution in [3.63, 3.8) is 0 Å². The Hall–Kier alpha value is -2.46. The molecule has 29 heavy (non-hydrogen) atoms. The molecule has 0 spiro atoms. The van der Waals surface area contributed by atoms with E-state index in [2.05, 4.69) is 5.10 Å². The molecule has 0 saturated carbocycles. The van der Waals surface area contributed by atoms with Gasteiger partial charge in [0.15, 0.2) is 4.91 Å². The molecule has 1 heterocycles. The summed E-state index contributed by atoms with van der Waals surface area (Å²) in [7, 11) is 0. The van der Waals surface area contributed by atoms with Crippen LogP contribution in [0.1, 0.15) is 36.7 Å². The Morgan fingerprint density at radius 1 is 1.17 bits per heavy atom. The summed E-state index contributed by atoms with van der Waals surface area (Å²) >= 11 is 0.249. The zero-order valence-electron chi connectivity index (χ0n) is 16.2. The fourth-order valence-electron chi connectivity index (χ4n) is 2.27. The van der Waals surface area contributed by atoms with Crippen molar-refractivity contribution in [3.8, 4) is 5.75 Å².